The van der Waals surface area contributed by atoms with E-state index in [0.29, 0.717) is 5.65 Å². The first-order valence-electron chi connectivity index (χ1n) is 8.52. The van der Waals surface area contributed by atoms with Crippen LogP contribution in [-0.2, 0) is 27.2 Å². The van der Waals surface area contributed by atoms with Crippen molar-refractivity contribution in [1.82, 2.24) is 25.3 Å². The molecule has 2 heterocycles. The maximum atomic E-state index is 13.4. The number of nitrogens with zero attached hydrogens (tertiary/aromatic N) is 5. The molecule has 1 N–H and O–H groups in total. The van der Waals surface area contributed by atoms with Crippen LogP contribution in [0.15, 0.2) is 12.1 Å². The minimum absolute atomic E-state index is 0.0766. The number of tetrazole rings is 1. The molecule has 2 rings (SSSR count). The molecule has 2 aromatic heterocycles. The van der Waals surface area contributed by atoms with Crippen LogP contribution in [0.4, 0.5) is 5.82 Å². The monoisotopic (exact) mass is 422 g/mol. The smallest absolute Gasteiger partial charge is 0.345 e. The summed E-state index contributed by atoms with van der Waals surface area (Å²) in [5.41, 5.74) is -1.01. The van der Waals surface area contributed by atoms with Crippen molar-refractivity contribution in [3.63, 3.8) is 0 Å². The summed E-state index contributed by atoms with van der Waals surface area (Å²) in [4.78, 5) is 0. The van der Waals surface area contributed by atoms with E-state index in [4.69, 9.17) is 18.1 Å². The van der Waals surface area contributed by atoms with Gasteiger partial charge in [-0.05, 0) is 50.3 Å². The molecule has 152 valence electrons. The van der Waals surface area contributed by atoms with E-state index < -0.39 is 20.7 Å². The molecule has 27 heavy (non-hydrogen) atoms. The van der Waals surface area contributed by atoms with Gasteiger partial charge in [0.05, 0.1) is 26.4 Å². The van der Waals surface area contributed by atoms with Crippen molar-refractivity contribution in [2.45, 2.75) is 33.2 Å². The summed E-state index contributed by atoms with van der Waals surface area (Å²) in [6.07, 6.45) is 0. The molecule has 0 amide bonds. The summed E-state index contributed by atoms with van der Waals surface area (Å²) in [6.45, 7) is 6.92. The maximum absolute atomic E-state index is 13.4. The van der Waals surface area contributed by atoms with Crippen LogP contribution in [0.1, 0.15) is 27.7 Å². The van der Waals surface area contributed by atoms with E-state index in [0.717, 1.165) is 4.63 Å². The van der Waals surface area contributed by atoms with E-state index in [1.165, 1.54) is 0 Å². The second-order valence-electron chi connectivity index (χ2n) is 5.01. The summed E-state index contributed by atoms with van der Waals surface area (Å²) in [7, 11) is -7.89. The van der Waals surface area contributed by atoms with Crippen molar-refractivity contribution in [2.24, 2.45) is 0 Å². The fourth-order valence-corrected chi connectivity index (χ4v) is 7.19. The van der Waals surface area contributed by atoms with Crippen LogP contribution >= 0.6 is 15.2 Å². The number of fused-ring (bicyclic) bond motifs is 1. The highest BCUT2D eigenvalue weighted by molar-refractivity contribution is 7.72. The van der Waals surface area contributed by atoms with Gasteiger partial charge in [-0.2, -0.15) is 0 Å². The average molecular weight is 422 g/mol. The van der Waals surface area contributed by atoms with Gasteiger partial charge in [-0.3, -0.25) is 9.13 Å². The number of rotatable bonds is 12. The zero-order chi connectivity index (χ0) is 19.9. The summed E-state index contributed by atoms with van der Waals surface area (Å²) >= 11 is 0. The Morgan fingerprint density at radius 1 is 0.963 bits per heavy atom. The third kappa shape index (κ3) is 5.10. The molecule has 0 saturated carbocycles. The molecule has 0 fully saturated rings. The molecule has 0 radical (unpaired) electrons. The highest BCUT2D eigenvalue weighted by atomic mass is 31.2. The first-order chi connectivity index (χ1) is 12.9. The normalized spacial score (nSPS) is 12.8. The van der Waals surface area contributed by atoms with E-state index in [2.05, 4.69) is 25.9 Å². The molecule has 0 bridgehead atoms. The van der Waals surface area contributed by atoms with Gasteiger partial charge in [-0.1, -0.05) is 0 Å². The summed E-state index contributed by atoms with van der Waals surface area (Å²) in [5.74, 6) is 0.194. The number of aromatic nitrogens is 5. The number of hydrogen-bond acceptors (Lipinski definition) is 11. The quantitative estimate of drug-likeness (QED) is 0.505. The Kier molecular flexibility index (Phi) is 7.84. The lowest BCUT2D eigenvalue weighted by molar-refractivity contribution is 0.198. The first-order valence-corrected chi connectivity index (χ1v) is 11.7. The van der Waals surface area contributed by atoms with Crippen LogP contribution in [0.25, 0.3) is 5.65 Å². The molecule has 0 aliphatic carbocycles. The van der Waals surface area contributed by atoms with Crippen LogP contribution < -0.4 is 5.32 Å². The van der Waals surface area contributed by atoms with Gasteiger partial charge in [0.2, 0.25) is 5.52 Å². The van der Waals surface area contributed by atoms with Gasteiger partial charge < -0.3 is 23.4 Å². The molecule has 0 saturated heterocycles. The Bertz CT molecular complexity index is 782. The number of nitrogens with one attached hydrogen (secondary N) is 1. The lowest BCUT2D eigenvalue weighted by Gasteiger charge is -2.31. The van der Waals surface area contributed by atoms with Crippen molar-refractivity contribution in [1.29, 1.82) is 0 Å². The molecular weight excluding hydrogens is 398 g/mol. The molecular formula is C13H24N6O6P2. The highest BCUT2D eigenvalue weighted by Crippen LogP contribution is 2.69. The third-order valence-corrected chi connectivity index (χ3v) is 8.81. The Hall–Kier alpha value is -1.42. The minimum Gasteiger partial charge on any atom is -0.345 e. The molecule has 0 aliphatic heterocycles. The SMILES string of the molecule is CCOP(=O)(OCC)C(Nc1ccc2nnnn2n1)P(=O)(OCC)OCC. The molecule has 12 nitrogen and oxygen atoms in total. The van der Waals surface area contributed by atoms with Gasteiger partial charge in [0, 0.05) is 0 Å². The van der Waals surface area contributed by atoms with Crippen molar-refractivity contribution in [2.75, 3.05) is 31.7 Å². The van der Waals surface area contributed by atoms with Crippen LogP contribution in [0.2, 0.25) is 0 Å². The van der Waals surface area contributed by atoms with Crippen LogP contribution in [0, 0.1) is 0 Å². The topological polar surface area (TPSA) is 139 Å². The largest absolute Gasteiger partial charge is 0.365 e. The van der Waals surface area contributed by atoms with Crippen LogP contribution in [-0.4, -0.2) is 57.2 Å². The fourth-order valence-electron chi connectivity index (χ4n) is 2.27. The molecule has 0 aliphatic rings. The van der Waals surface area contributed by atoms with Crippen molar-refractivity contribution < 1.29 is 27.2 Å². The highest BCUT2D eigenvalue weighted by Gasteiger charge is 2.51. The van der Waals surface area contributed by atoms with Crippen molar-refractivity contribution in [3.8, 4) is 0 Å². The predicted octanol–water partition coefficient (Wildman–Crippen LogP) is 2.75. The standard InChI is InChI=1S/C13H24N6O6P2/c1-5-22-26(20,23-6-2)13(27(21,24-7-3)25-8-4)14-11-9-10-12-15-17-18-19(12)16-11/h9-10,13H,5-8H2,1-4H3,(H,14,16). The lowest BCUT2D eigenvalue weighted by Crippen LogP contribution is -2.26. The van der Waals surface area contributed by atoms with Gasteiger partial charge in [-0.25, -0.2) is 0 Å². The van der Waals surface area contributed by atoms with E-state index in [1.54, 1.807) is 39.8 Å². The first kappa shape index (κ1) is 21.9. The maximum Gasteiger partial charge on any atom is 0.365 e. The summed E-state index contributed by atoms with van der Waals surface area (Å²) < 4.78 is 49.5. The zero-order valence-corrected chi connectivity index (χ0v) is 17.4. The van der Waals surface area contributed by atoms with Gasteiger partial charge in [0.25, 0.3) is 0 Å². The van der Waals surface area contributed by atoms with Crippen molar-refractivity contribution in [3.05, 3.63) is 12.1 Å². The molecule has 0 aromatic carbocycles. The fraction of sp³-hybridized carbons (Fsp3) is 0.692. The third-order valence-electron chi connectivity index (χ3n) is 3.18. The molecule has 14 heteroatoms. The Balaban J connectivity index is 2.49. The van der Waals surface area contributed by atoms with Gasteiger partial charge in [0.1, 0.15) is 5.82 Å². The van der Waals surface area contributed by atoms with E-state index >= 15 is 0 Å². The molecule has 0 atom stereocenters. The van der Waals surface area contributed by atoms with E-state index in [9.17, 15) is 9.13 Å². The van der Waals surface area contributed by atoms with E-state index in [-0.39, 0.29) is 32.2 Å². The van der Waals surface area contributed by atoms with Crippen LogP contribution in [0.5, 0.6) is 0 Å². The second-order valence-corrected chi connectivity index (χ2v) is 9.65. The number of hydrogen-bond donors (Lipinski definition) is 1. The van der Waals surface area contributed by atoms with Gasteiger partial charge in [-0.15, -0.1) is 14.8 Å². The predicted molar refractivity (Wildman–Crippen MR) is 97.7 cm³/mol. The van der Waals surface area contributed by atoms with Crippen LogP contribution in [0.3, 0.4) is 0 Å². The Morgan fingerprint density at radius 3 is 1.96 bits per heavy atom. The summed E-state index contributed by atoms with van der Waals surface area (Å²) in [6, 6.07) is 3.13. The minimum atomic E-state index is -3.95. The lowest BCUT2D eigenvalue weighted by atomic mass is 10.5. The van der Waals surface area contributed by atoms with Crippen molar-refractivity contribution >= 4 is 26.7 Å². The van der Waals surface area contributed by atoms with Gasteiger partial charge in [0.15, 0.2) is 5.65 Å². The zero-order valence-electron chi connectivity index (χ0n) is 15.6. The average Bonchev–Trinajstić information content (AvgIpc) is 3.08. The number of anilines is 1. The Morgan fingerprint density at radius 2 is 1.48 bits per heavy atom. The molecule has 0 unspecified atom stereocenters. The second kappa shape index (κ2) is 9.68. The molecule has 0 spiro atoms. The summed E-state index contributed by atoms with van der Waals surface area (Å²) in [5, 5.41) is 17.9. The van der Waals surface area contributed by atoms with Gasteiger partial charge >= 0.3 is 15.2 Å². The molecule has 2 aromatic rings. The Labute approximate surface area is 157 Å². The van der Waals surface area contributed by atoms with E-state index in [1.807, 2.05) is 0 Å².